The molecule has 1 fully saturated rings. The second-order valence-corrected chi connectivity index (χ2v) is 22.6. The predicted molar refractivity (Wildman–Crippen MR) is 188 cm³/mol. The van der Waals surface area contributed by atoms with Crippen molar-refractivity contribution in [2.45, 2.75) is 90.1 Å². The standard InChI is InChI=1S/C14H22N6SSe2.C12H20N6SSe2/c15-13-19-17-11(22-13)6-8-21-9-7-12-18-20-14(23-12)16-10-4-2-1-3-5-10;1-12(2,3)14-11-18-16-9(21-11)5-7-19-6-4-8-15-17-10(13)20-8/h10H,1-9H2,(H2,15,19)(H,16,20);4-7H2,1-3H3,(H2,13,17)(H,14,18). The van der Waals surface area contributed by atoms with Crippen LogP contribution in [-0.4, -0.2) is 133 Å². The molecule has 0 unspecified atom stereocenters. The number of anilines is 4. The number of aromatic nitrogens is 8. The summed E-state index contributed by atoms with van der Waals surface area (Å²) in [7, 11) is 0. The summed E-state index contributed by atoms with van der Waals surface area (Å²) in [6, 6.07) is 0.636. The van der Waals surface area contributed by atoms with Gasteiger partial charge < -0.3 is 0 Å². The van der Waals surface area contributed by atoms with Crippen LogP contribution in [0.2, 0.25) is 0 Å². The molecule has 0 atom stereocenters. The van der Waals surface area contributed by atoms with E-state index in [9.17, 15) is 0 Å². The Balaban J connectivity index is 0.000000202. The van der Waals surface area contributed by atoms with Crippen LogP contribution in [0.3, 0.4) is 0 Å². The Morgan fingerprint density at radius 3 is 1.50 bits per heavy atom. The number of nitrogens with zero attached hydrogens (tertiary/aromatic N) is 8. The quantitative estimate of drug-likeness (QED) is 0.101. The third-order valence-electron chi connectivity index (χ3n) is 6.15. The van der Waals surface area contributed by atoms with Crippen molar-refractivity contribution >= 4 is 100 Å². The molecule has 242 valence electrons. The third kappa shape index (κ3) is 14.4. The van der Waals surface area contributed by atoms with Crippen LogP contribution in [0.5, 0.6) is 0 Å². The van der Waals surface area contributed by atoms with Gasteiger partial charge in [0, 0.05) is 0 Å². The van der Waals surface area contributed by atoms with E-state index in [1.807, 2.05) is 23.5 Å². The molecule has 12 nitrogen and oxygen atoms in total. The van der Waals surface area contributed by atoms with E-state index >= 15 is 0 Å². The molecule has 0 amide bonds. The Hall–Kier alpha value is -0.662. The topological polar surface area (TPSA) is 179 Å². The fraction of sp³-hybridized carbons (Fsp3) is 0.692. The average molecular weight is 903 g/mol. The minimum atomic E-state index is 0.0635. The number of rotatable bonds is 15. The fourth-order valence-corrected chi connectivity index (χ4v) is 13.3. The first-order chi connectivity index (χ1) is 21.2. The van der Waals surface area contributed by atoms with Gasteiger partial charge in [-0.15, -0.1) is 0 Å². The number of thioether (sulfide) groups is 2. The molecular weight excluding hydrogens is 860 g/mol. The molecule has 4 aromatic rings. The summed E-state index contributed by atoms with van der Waals surface area (Å²) < 4.78 is 8.43. The van der Waals surface area contributed by atoms with Gasteiger partial charge in [0.15, 0.2) is 0 Å². The molecule has 4 heterocycles. The van der Waals surface area contributed by atoms with Crippen molar-refractivity contribution in [2.75, 3.05) is 45.1 Å². The molecule has 0 saturated heterocycles. The van der Waals surface area contributed by atoms with Gasteiger partial charge in [-0.3, -0.25) is 0 Å². The zero-order chi connectivity index (χ0) is 31.2. The van der Waals surface area contributed by atoms with Crippen LogP contribution in [0.1, 0.15) is 71.1 Å². The number of nitrogens with one attached hydrogen (secondary N) is 2. The Morgan fingerprint density at radius 1 is 0.614 bits per heavy atom. The summed E-state index contributed by atoms with van der Waals surface area (Å²) in [5, 5.41) is 40.2. The molecule has 1 aliphatic rings. The van der Waals surface area contributed by atoms with Gasteiger partial charge >= 0.3 is 295 Å². The minimum absolute atomic E-state index is 0.0635. The van der Waals surface area contributed by atoms with E-state index in [1.54, 1.807) is 0 Å². The van der Waals surface area contributed by atoms with Gasteiger partial charge in [0.1, 0.15) is 0 Å². The second kappa shape index (κ2) is 19.2. The SMILES string of the molecule is CC(C)(C)Nc1nnc(CCSCCc2nnc(N)[se]2)[se]1.Nc1nnc(CCSCCc2nnc(NC3CCCCC3)[se]2)[se]1. The van der Waals surface area contributed by atoms with Crippen molar-refractivity contribution < 1.29 is 0 Å². The fourth-order valence-electron chi connectivity index (χ4n) is 4.14. The predicted octanol–water partition coefficient (Wildman–Crippen LogP) is 1.92. The van der Waals surface area contributed by atoms with Crippen molar-refractivity contribution in [1.82, 2.24) is 40.8 Å². The summed E-state index contributed by atoms with van der Waals surface area (Å²) in [4.78, 5) is 0. The normalized spacial score (nSPS) is 13.9. The van der Waals surface area contributed by atoms with Crippen LogP contribution in [0.4, 0.5) is 18.8 Å². The second-order valence-electron chi connectivity index (χ2n) is 11.1. The molecule has 44 heavy (non-hydrogen) atoms. The van der Waals surface area contributed by atoms with Gasteiger partial charge in [-0.2, -0.15) is 0 Å². The van der Waals surface area contributed by atoms with E-state index in [0.717, 1.165) is 62.6 Å². The molecule has 0 spiro atoms. The average Bonchev–Trinajstić information content (AvgIpc) is 3.79. The van der Waals surface area contributed by atoms with Gasteiger partial charge in [0.2, 0.25) is 0 Å². The zero-order valence-corrected chi connectivity index (χ0v) is 33.9. The van der Waals surface area contributed by atoms with Crippen LogP contribution in [0.25, 0.3) is 0 Å². The molecular formula is C26H42N12S2Se4. The van der Waals surface area contributed by atoms with E-state index in [0.29, 0.717) is 29.9 Å². The van der Waals surface area contributed by atoms with Crippen molar-refractivity contribution in [2.24, 2.45) is 0 Å². The number of hydrogen-bond donors (Lipinski definition) is 4. The van der Waals surface area contributed by atoms with Gasteiger partial charge in [-0.05, 0) is 0 Å². The van der Waals surface area contributed by atoms with Crippen molar-refractivity contribution in [1.29, 1.82) is 0 Å². The van der Waals surface area contributed by atoms with Gasteiger partial charge in [-0.25, -0.2) is 0 Å². The molecule has 18 heteroatoms. The van der Waals surface area contributed by atoms with Crippen molar-refractivity contribution in [3.8, 4) is 0 Å². The molecule has 5 rings (SSSR count). The van der Waals surface area contributed by atoms with Crippen molar-refractivity contribution in [3.05, 3.63) is 18.3 Å². The van der Waals surface area contributed by atoms with Crippen LogP contribution in [-0.2, 0) is 25.7 Å². The summed E-state index contributed by atoms with van der Waals surface area (Å²) in [6.07, 6.45) is 10.8. The third-order valence-corrected chi connectivity index (χ3v) is 15.3. The molecule has 0 bridgehead atoms. The van der Waals surface area contributed by atoms with Gasteiger partial charge in [0.05, 0.1) is 0 Å². The molecule has 1 aliphatic carbocycles. The molecule has 4 aromatic heterocycles. The first-order valence-electron chi connectivity index (χ1n) is 14.7. The number of hydrogen-bond acceptors (Lipinski definition) is 14. The zero-order valence-electron chi connectivity index (χ0n) is 25.5. The number of aryl methyl sites for hydroxylation is 4. The summed E-state index contributed by atoms with van der Waals surface area (Å²) in [6.45, 7) is 6.43. The molecule has 0 aliphatic heterocycles. The Labute approximate surface area is 292 Å². The van der Waals surface area contributed by atoms with Crippen LogP contribution in [0, 0.1) is 0 Å². The monoisotopic (exact) mass is 906 g/mol. The first-order valence-corrected chi connectivity index (χ1v) is 23.9. The maximum atomic E-state index is 5.64. The Kier molecular flexibility index (Phi) is 15.8. The number of nitrogen functional groups attached to an aromatic ring is 2. The van der Waals surface area contributed by atoms with Gasteiger partial charge in [0.25, 0.3) is 0 Å². The molecule has 6 N–H and O–H groups in total. The van der Waals surface area contributed by atoms with E-state index in [-0.39, 0.29) is 49.0 Å². The van der Waals surface area contributed by atoms with Gasteiger partial charge in [-0.1, -0.05) is 0 Å². The van der Waals surface area contributed by atoms with Crippen molar-refractivity contribution in [3.63, 3.8) is 0 Å². The van der Waals surface area contributed by atoms with E-state index < -0.39 is 0 Å². The Bertz CT molecular complexity index is 1360. The summed E-state index contributed by atoms with van der Waals surface area (Å²) >= 11 is 4.89. The Morgan fingerprint density at radius 2 is 1.05 bits per heavy atom. The van der Waals surface area contributed by atoms with E-state index in [2.05, 4.69) is 72.2 Å². The summed E-state index contributed by atoms with van der Waals surface area (Å²) in [5.41, 5.74) is 11.3. The maximum absolute atomic E-state index is 5.64. The number of nitrogens with two attached hydrogens (primary N) is 2. The molecule has 0 aromatic carbocycles. The summed E-state index contributed by atoms with van der Waals surface area (Å²) in [5.74, 6) is 4.38. The van der Waals surface area contributed by atoms with Crippen LogP contribution >= 0.6 is 23.5 Å². The van der Waals surface area contributed by atoms with E-state index in [4.69, 9.17) is 11.5 Å². The molecule has 0 radical (unpaired) electrons. The van der Waals surface area contributed by atoms with E-state index in [1.165, 1.54) is 45.8 Å². The first kappa shape index (κ1) is 36.2. The molecule has 1 saturated carbocycles. The van der Waals surface area contributed by atoms with Crippen LogP contribution in [0.15, 0.2) is 0 Å². The van der Waals surface area contributed by atoms with Crippen LogP contribution < -0.4 is 22.1 Å².